The van der Waals surface area contributed by atoms with Crippen molar-refractivity contribution in [1.82, 2.24) is 29.4 Å². The van der Waals surface area contributed by atoms with E-state index >= 15 is 0 Å². The minimum Gasteiger partial charge on any atom is -0.297 e. The summed E-state index contributed by atoms with van der Waals surface area (Å²) in [6.07, 6.45) is 6.49. The third kappa shape index (κ3) is 1.85. The van der Waals surface area contributed by atoms with Crippen LogP contribution >= 0.6 is 0 Å². The van der Waals surface area contributed by atoms with E-state index in [0.29, 0.717) is 23.4 Å². The molecule has 3 aromatic rings. The zero-order valence-electron chi connectivity index (χ0n) is 10.5. The Balaban J connectivity index is 2.28. The van der Waals surface area contributed by atoms with Crippen LogP contribution in [0.1, 0.15) is 6.92 Å². The monoisotopic (exact) mass is 293 g/mol. The lowest BCUT2D eigenvalue weighted by Gasteiger charge is -2.04. The molecule has 0 unspecified atom stereocenters. The van der Waals surface area contributed by atoms with Crippen LogP contribution < -0.4 is 5.14 Å². The fraction of sp³-hybridized carbons (Fsp3) is 0.200. The summed E-state index contributed by atoms with van der Waals surface area (Å²) in [6, 6.07) is 0. The quantitative estimate of drug-likeness (QED) is 0.704. The number of aromatic nitrogens is 6. The molecule has 0 aliphatic heterocycles. The maximum Gasteiger partial charge on any atom is 0.273 e. The van der Waals surface area contributed by atoms with Crippen molar-refractivity contribution in [3.63, 3.8) is 0 Å². The van der Waals surface area contributed by atoms with E-state index < -0.39 is 10.0 Å². The summed E-state index contributed by atoms with van der Waals surface area (Å²) in [4.78, 5) is 4.02. The van der Waals surface area contributed by atoms with Crippen LogP contribution in [-0.2, 0) is 16.6 Å². The van der Waals surface area contributed by atoms with Gasteiger partial charge in [-0.25, -0.2) is 18.1 Å². The van der Waals surface area contributed by atoms with Crippen molar-refractivity contribution in [3.8, 4) is 11.4 Å². The number of primary sulfonamides is 1. The Morgan fingerprint density at radius 2 is 2.10 bits per heavy atom. The van der Waals surface area contributed by atoms with Crippen molar-refractivity contribution in [2.24, 2.45) is 5.14 Å². The highest BCUT2D eigenvalue weighted by molar-refractivity contribution is 7.89. The van der Waals surface area contributed by atoms with Crippen LogP contribution in [0, 0.1) is 0 Å². The van der Waals surface area contributed by atoms with Crippen molar-refractivity contribution in [2.75, 3.05) is 0 Å². The molecule has 10 heteroatoms. The fourth-order valence-corrected chi connectivity index (χ4v) is 2.67. The van der Waals surface area contributed by atoms with Gasteiger partial charge in [0.15, 0.2) is 5.82 Å². The SMILES string of the molecule is CCn1c(-c2cnn3ccncc23)nnc1S(N)(=O)=O. The molecule has 104 valence electrons. The minimum atomic E-state index is -3.92. The van der Waals surface area contributed by atoms with E-state index in [1.165, 1.54) is 4.57 Å². The zero-order chi connectivity index (χ0) is 14.3. The van der Waals surface area contributed by atoms with Gasteiger partial charge in [-0.05, 0) is 6.92 Å². The van der Waals surface area contributed by atoms with Crippen molar-refractivity contribution >= 4 is 15.5 Å². The summed E-state index contributed by atoms with van der Waals surface area (Å²) < 4.78 is 26.0. The highest BCUT2D eigenvalue weighted by Crippen LogP contribution is 2.23. The van der Waals surface area contributed by atoms with Gasteiger partial charge in [-0.15, -0.1) is 10.2 Å². The Hall–Kier alpha value is -2.33. The normalized spacial score (nSPS) is 12.1. The van der Waals surface area contributed by atoms with Gasteiger partial charge < -0.3 is 0 Å². The van der Waals surface area contributed by atoms with Crippen molar-refractivity contribution in [2.45, 2.75) is 18.6 Å². The summed E-state index contributed by atoms with van der Waals surface area (Å²) >= 11 is 0. The maximum absolute atomic E-state index is 11.5. The largest absolute Gasteiger partial charge is 0.297 e. The number of rotatable bonds is 3. The maximum atomic E-state index is 11.5. The first-order valence-electron chi connectivity index (χ1n) is 5.76. The van der Waals surface area contributed by atoms with Crippen LogP contribution in [0.4, 0.5) is 0 Å². The second-order valence-electron chi connectivity index (χ2n) is 4.06. The van der Waals surface area contributed by atoms with Gasteiger partial charge in [0.25, 0.3) is 15.2 Å². The summed E-state index contributed by atoms with van der Waals surface area (Å²) in [7, 11) is -3.92. The lowest BCUT2D eigenvalue weighted by molar-refractivity contribution is 0.571. The number of fused-ring (bicyclic) bond motifs is 1. The van der Waals surface area contributed by atoms with Crippen LogP contribution in [-0.4, -0.2) is 37.8 Å². The second-order valence-corrected chi connectivity index (χ2v) is 5.51. The molecule has 0 saturated carbocycles. The molecule has 0 fully saturated rings. The Morgan fingerprint density at radius 1 is 1.30 bits per heavy atom. The highest BCUT2D eigenvalue weighted by atomic mass is 32.2. The first-order valence-corrected chi connectivity index (χ1v) is 7.30. The lowest BCUT2D eigenvalue weighted by atomic mass is 10.3. The molecule has 0 aliphatic rings. The molecule has 20 heavy (non-hydrogen) atoms. The van der Waals surface area contributed by atoms with Crippen LogP contribution in [0.25, 0.3) is 16.9 Å². The predicted molar refractivity (Wildman–Crippen MR) is 69.1 cm³/mol. The van der Waals surface area contributed by atoms with Crippen LogP contribution in [0.5, 0.6) is 0 Å². The molecule has 0 radical (unpaired) electrons. The molecule has 0 bridgehead atoms. The molecule has 0 spiro atoms. The zero-order valence-corrected chi connectivity index (χ0v) is 11.3. The second kappa shape index (κ2) is 4.35. The standard InChI is InChI=1S/C10H11N7O2S/c1-2-16-9(14-15-10(16)20(11,18)19)7-5-13-17-4-3-12-6-8(7)17/h3-6H,2H2,1H3,(H2,11,18,19). The first-order chi connectivity index (χ1) is 9.52. The van der Waals surface area contributed by atoms with E-state index in [1.807, 2.05) is 0 Å². The first kappa shape index (κ1) is 12.7. The predicted octanol–water partition coefficient (Wildman–Crippen LogP) is -0.345. The smallest absolute Gasteiger partial charge is 0.273 e. The molecule has 0 aliphatic carbocycles. The van der Waals surface area contributed by atoms with Crippen LogP contribution in [0.15, 0.2) is 29.9 Å². The molecule has 0 aromatic carbocycles. The van der Waals surface area contributed by atoms with Crippen molar-refractivity contribution in [3.05, 3.63) is 24.8 Å². The summed E-state index contributed by atoms with van der Waals surface area (Å²) in [5.41, 5.74) is 1.35. The van der Waals surface area contributed by atoms with Gasteiger partial charge in [-0.1, -0.05) is 0 Å². The third-order valence-corrected chi connectivity index (χ3v) is 3.66. The van der Waals surface area contributed by atoms with E-state index in [-0.39, 0.29) is 5.16 Å². The summed E-state index contributed by atoms with van der Waals surface area (Å²) in [5, 5.41) is 16.6. The number of hydrogen-bond donors (Lipinski definition) is 1. The minimum absolute atomic E-state index is 0.266. The number of hydrogen-bond acceptors (Lipinski definition) is 6. The fourth-order valence-electron chi connectivity index (χ4n) is 1.99. The molecule has 3 aromatic heterocycles. The lowest BCUT2D eigenvalue weighted by Crippen LogP contribution is -2.18. The van der Waals surface area contributed by atoms with E-state index in [0.717, 1.165) is 0 Å². The van der Waals surface area contributed by atoms with Gasteiger partial charge in [0, 0.05) is 18.9 Å². The van der Waals surface area contributed by atoms with Crippen molar-refractivity contribution in [1.29, 1.82) is 0 Å². The van der Waals surface area contributed by atoms with E-state index in [1.54, 1.807) is 36.2 Å². The highest BCUT2D eigenvalue weighted by Gasteiger charge is 2.22. The van der Waals surface area contributed by atoms with E-state index in [2.05, 4.69) is 20.3 Å². The Morgan fingerprint density at radius 3 is 2.80 bits per heavy atom. The number of nitrogens with two attached hydrogens (primary N) is 1. The molecule has 0 amide bonds. The molecule has 9 nitrogen and oxygen atoms in total. The Labute approximate surface area is 114 Å². The molecule has 3 heterocycles. The van der Waals surface area contributed by atoms with Gasteiger partial charge in [0.2, 0.25) is 0 Å². The van der Waals surface area contributed by atoms with E-state index in [9.17, 15) is 8.42 Å². The Bertz CT molecular complexity index is 880. The Kier molecular flexibility index (Phi) is 2.76. The molecule has 0 atom stereocenters. The molecular weight excluding hydrogens is 282 g/mol. The van der Waals surface area contributed by atoms with Gasteiger partial charge in [0.1, 0.15) is 0 Å². The topological polar surface area (TPSA) is 121 Å². The average molecular weight is 293 g/mol. The van der Waals surface area contributed by atoms with Crippen LogP contribution in [0.2, 0.25) is 0 Å². The van der Waals surface area contributed by atoms with E-state index in [4.69, 9.17) is 5.14 Å². The van der Waals surface area contributed by atoms with Crippen molar-refractivity contribution < 1.29 is 8.42 Å². The summed E-state index contributed by atoms with van der Waals surface area (Å²) in [6.45, 7) is 2.15. The van der Waals surface area contributed by atoms with Gasteiger partial charge in [0.05, 0.1) is 23.5 Å². The molecule has 0 saturated heterocycles. The van der Waals surface area contributed by atoms with Gasteiger partial charge >= 0.3 is 0 Å². The van der Waals surface area contributed by atoms with Gasteiger partial charge in [-0.2, -0.15) is 5.10 Å². The molecule has 2 N–H and O–H groups in total. The number of sulfonamides is 1. The number of nitrogens with zero attached hydrogens (tertiary/aromatic N) is 6. The van der Waals surface area contributed by atoms with Gasteiger partial charge in [-0.3, -0.25) is 9.55 Å². The average Bonchev–Trinajstić information content (AvgIpc) is 3.00. The summed E-state index contributed by atoms with van der Waals surface area (Å²) in [5.74, 6) is 0.388. The third-order valence-electron chi connectivity index (χ3n) is 2.85. The molecule has 3 rings (SSSR count). The van der Waals surface area contributed by atoms with Crippen LogP contribution in [0.3, 0.4) is 0 Å². The molecular formula is C10H11N7O2S.